The molecule has 0 spiro atoms. The Morgan fingerprint density at radius 1 is 1.27 bits per heavy atom. The van der Waals surface area contributed by atoms with Crippen LogP contribution in [0.4, 0.5) is 16.0 Å². The number of aryl methyl sites for hydroxylation is 1. The minimum Gasteiger partial charge on any atom is -0.396 e. The number of pyridine rings is 1. The number of aliphatic hydroxyl groups is 1. The fourth-order valence-electron chi connectivity index (χ4n) is 3.38. The first-order valence-electron chi connectivity index (χ1n) is 9.58. The van der Waals surface area contributed by atoms with Crippen LogP contribution in [0.1, 0.15) is 30.9 Å². The summed E-state index contributed by atoms with van der Waals surface area (Å²) in [6, 6.07) is 10.5. The van der Waals surface area contributed by atoms with Crippen LogP contribution >= 0.6 is 0 Å². The van der Waals surface area contributed by atoms with Crippen molar-refractivity contribution in [3.05, 3.63) is 77.3 Å². The van der Waals surface area contributed by atoms with Gasteiger partial charge in [-0.2, -0.15) is 10.1 Å². The second-order valence-electron chi connectivity index (χ2n) is 6.91. The molecule has 4 rings (SSSR count). The van der Waals surface area contributed by atoms with Gasteiger partial charge in [0.05, 0.1) is 11.3 Å². The molecule has 8 nitrogen and oxygen atoms in total. The predicted molar refractivity (Wildman–Crippen MR) is 109 cm³/mol. The molecule has 0 bridgehead atoms. The lowest BCUT2D eigenvalue weighted by atomic mass is 9.98. The summed E-state index contributed by atoms with van der Waals surface area (Å²) in [5.41, 5.74) is 2.18. The second kappa shape index (κ2) is 8.42. The van der Waals surface area contributed by atoms with Crippen molar-refractivity contribution in [3.8, 4) is 0 Å². The second-order valence-corrected chi connectivity index (χ2v) is 6.91. The number of anilines is 2. The van der Waals surface area contributed by atoms with Crippen LogP contribution in [0.2, 0.25) is 0 Å². The first-order valence-corrected chi connectivity index (χ1v) is 9.58. The number of carbonyl (C=O) groups is 1. The van der Waals surface area contributed by atoms with E-state index in [0.29, 0.717) is 47.3 Å². The lowest BCUT2D eigenvalue weighted by Gasteiger charge is -2.28. The van der Waals surface area contributed by atoms with E-state index in [1.807, 2.05) is 12.1 Å². The number of aliphatic hydroxyl groups excluding tert-OH is 1. The zero-order chi connectivity index (χ0) is 21.1. The molecule has 1 aromatic carbocycles. The molecule has 1 atom stereocenters. The van der Waals surface area contributed by atoms with Crippen molar-refractivity contribution in [2.75, 3.05) is 17.2 Å². The number of hydrogen-bond donors (Lipinski definition) is 3. The lowest BCUT2D eigenvalue weighted by molar-refractivity contribution is -0.113. The molecule has 1 amide bonds. The van der Waals surface area contributed by atoms with Crippen LogP contribution in [0.3, 0.4) is 0 Å². The molecule has 3 heterocycles. The van der Waals surface area contributed by atoms with Crippen LogP contribution in [0.25, 0.3) is 0 Å². The molecule has 2 aromatic heterocycles. The van der Waals surface area contributed by atoms with Crippen LogP contribution in [-0.4, -0.2) is 37.4 Å². The number of allylic oxidation sites excluding steroid dienone is 1. The van der Waals surface area contributed by atoms with Gasteiger partial charge >= 0.3 is 0 Å². The van der Waals surface area contributed by atoms with Gasteiger partial charge in [-0.05, 0) is 49.7 Å². The first kappa shape index (κ1) is 19.7. The predicted octanol–water partition coefficient (Wildman–Crippen LogP) is 2.66. The molecular weight excluding hydrogens is 387 g/mol. The highest BCUT2D eigenvalue weighted by molar-refractivity contribution is 6.05. The largest absolute Gasteiger partial charge is 0.396 e. The molecule has 1 aliphatic heterocycles. The average molecular weight is 408 g/mol. The number of halogens is 1. The van der Waals surface area contributed by atoms with Gasteiger partial charge in [0.25, 0.3) is 5.91 Å². The van der Waals surface area contributed by atoms with E-state index < -0.39 is 6.04 Å². The van der Waals surface area contributed by atoms with Crippen LogP contribution in [-0.2, 0) is 11.2 Å². The Balaban J connectivity index is 1.73. The van der Waals surface area contributed by atoms with Crippen LogP contribution in [0, 0.1) is 5.82 Å². The van der Waals surface area contributed by atoms with E-state index >= 15 is 0 Å². The third-order valence-corrected chi connectivity index (χ3v) is 4.77. The maximum Gasteiger partial charge on any atom is 0.255 e. The summed E-state index contributed by atoms with van der Waals surface area (Å²) in [5.74, 6) is 0.354. The van der Waals surface area contributed by atoms with E-state index in [1.165, 1.54) is 24.3 Å². The van der Waals surface area contributed by atoms with Crippen molar-refractivity contribution in [2.45, 2.75) is 25.8 Å². The molecule has 0 fully saturated rings. The number of amides is 1. The monoisotopic (exact) mass is 408 g/mol. The smallest absolute Gasteiger partial charge is 0.255 e. The Bertz CT molecular complexity index is 1080. The van der Waals surface area contributed by atoms with Crippen molar-refractivity contribution in [3.63, 3.8) is 0 Å². The van der Waals surface area contributed by atoms with Crippen LogP contribution in [0.5, 0.6) is 0 Å². The standard InChI is InChI=1S/C21H21FN6O2/c1-13-18(20(30)25-15-9-7-14(22)8-10-15)19(16-5-2-3-11-23-16)28-21(24-13)26-17(27-28)6-4-12-29/h2-3,5,7-11,19,29H,4,6,12H2,1H3,(H,25,30)(H,24,26,27). The normalized spacial score (nSPS) is 15.5. The number of nitrogens with zero attached hydrogens (tertiary/aromatic N) is 4. The number of rotatable bonds is 6. The highest BCUT2D eigenvalue weighted by Gasteiger charge is 2.35. The van der Waals surface area contributed by atoms with Crippen LogP contribution in [0.15, 0.2) is 59.9 Å². The van der Waals surface area contributed by atoms with Gasteiger partial charge in [0.2, 0.25) is 5.95 Å². The fraction of sp³-hybridized carbons (Fsp3) is 0.238. The minimum absolute atomic E-state index is 0.0452. The molecule has 0 saturated carbocycles. The number of hydrogen-bond acceptors (Lipinski definition) is 6. The van der Waals surface area contributed by atoms with Crippen molar-refractivity contribution in [2.24, 2.45) is 0 Å². The summed E-state index contributed by atoms with van der Waals surface area (Å²) in [6.45, 7) is 1.84. The van der Waals surface area contributed by atoms with E-state index in [1.54, 1.807) is 23.9 Å². The molecule has 9 heteroatoms. The lowest BCUT2D eigenvalue weighted by Crippen LogP contribution is -2.32. The van der Waals surface area contributed by atoms with E-state index in [4.69, 9.17) is 5.11 Å². The Labute approximate surface area is 172 Å². The van der Waals surface area contributed by atoms with E-state index in [0.717, 1.165) is 0 Å². The summed E-state index contributed by atoms with van der Waals surface area (Å²) in [7, 11) is 0. The zero-order valence-corrected chi connectivity index (χ0v) is 16.3. The van der Waals surface area contributed by atoms with Gasteiger partial charge in [-0.1, -0.05) is 6.07 Å². The maximum absolute atomic E-state index is 13.2. The summed E-state index contributed by atoms with van der Waals surface area (Å²) < 4.78 is 14.8. The number of fused-ring (bicyclic) bond motifs is 1. The molecule has 0 saturated heterocycles. The molecule has 30 heavy (non-hydrogen) atoms. The van der Waals surface area contributed by atoms with Crippen molar-refractivity contribution >= 4 is 17.5 Å². The number of benzene rings is 1. The van der Waals surface area contributed by atoms with Crippen LogP contribution < -0.4 is 10.6 Å². The summed E-state index contributed by atoms with van der Waals surface area (Å²) in [4.78, 5) is 22.1. The summed E-state index contributed by atoms with van der Waals surface area (Å²) >= 11 is 0. The quantitative estimate of drug-likeness (QED) is 0.579. The van der Waals surface area contributed by atoms with Gasteiger partial charge in [0.1, 0.15) is 11.9 Å². The van der Waals surface area contributed by atoms with Gasteiger partial charge in [-0.15, -0.1) is 0 Å². The van der Waals surface area contributed by atoms with Gasteiger partial charge in [-0.25, -0.2) is 9.07 Å². The molecule has 3 aromatic rings. The third kappa shape index (κ3) is 3.92. The fourth-order valence-corrected chi connectivity index (χ4v) is 3.38. The van der Waals surface area contributed by atoms with Crippen molar-refractivity contribution < 1.29 is 14.3 Å². The highest BCUT2D eigenvalue weighted by Crippen LogP contribution is 2.34. The Hall–Kier alpha value is -3.59. The summed E-state index contributed by atoms with van der Waals surface area (Å²) in [6.07, 6.45) is 2.72. The average Bonchev–Trinajstić information content (AvgIpc) is 3.15. The number of nitrogens with one attached hydrogen (secondary N) is 2. The molecule has 1 aliphatic rings. The number of carbonyl (C=O) groups excluding carboxylic acids is 1. The van der Waals surface area contributed by atoms with Gasteiger partial charge in [0, 0.05) is 30.6 Å². The van der Waals surface area contributed by atoms with E-state index in [-0.39, 0.29) is 18.3 Å². The van der Waals surface area contributed by atoms with Gasteiger partial charge in [0.15, 0.2) is 5.82 Å². The number of aromatic nitrogens is 4. The minimum atomic E-state index is -0.585. The first-order chi connectivity index (χ1) is 14.6. The Morgan fingerprint density at radius 3 is 2.77 bits per heavy atom. The molecule has 0 radical (unpaired) electrons. The summed E-state index contributed by atoms with van der Waals surface area (Å²) in [5, 5.41) is 19.6. The van der Waals surface area contributed by atoms with Crippen molar-refractivity contribution in [1.29, 1.82) is 0 Å². The SMILES string of the molecule is CC1=C(C(=O)Nc2ccc(F)cc2)C(c2ccccn2)n2nc(CCCO)nc2N1. The maximum atomic E-state index is 13.2. The molecule has 1 unspecified atom stereocenters. The van der Waals surface area contributed by atoms with Gasteiger partial charge in [-0.3, -0.25) is 9.78 Å². The Kier molecular flexibility index (Phi) is 5.53. The van der Waals surface area contributed by atoms with Crippen molar-refractivity contribution in [1.82, 2.24) is 19.7 Å². The third-order valence-electron chi connectivity index (χ3n) is 4.77. The molecule has 0 aliphatic carbocycles. The molecule has 3 N–H and O–H groups in total. The van der Waals surface area contributed by atoms with E-state index in [2.05, 4.69) is 25.7 Å². The topological polar surface area (TPSA) is 105 Å². The molecule has 154 valence electrons. The van der Waals surface area contributed by atoms with Gasteiger partial charge < -0.3 is 15.7 Å². The zero-order valence-electron chi connectivity index (χ0n) is 16.3. The highest BCUT2D eigenvalue weighted by atomic mass is 19.1. The van der Waals surface area contributed by atoms with E-state index in [9.17, 15) is 9.18 Å². The Morgan fingerprint density at radius 2 is 2.07 bits per heavy atom. The molecular formula is C21H21FN6O2.